The average Bonchev–Trinajstić information content (AvgIpc) is 2.63. The summed E-state index contributed by atoms with van der Waals surface area (Å²) in [5.74, 6) is 2.50. The molecule has 0 spiro atoms. The predicted molar refractivity (Wildman–Crippen MR) is 75.8 cm³/mol. The van der Waals surface area contributed by atoms with Crippen LogP contribution in [0.5, 0.6) is 5.75 Å². The number of aromatic nitrogens is 1. The van der Waals surface area contributed by atoms with Gasteiger partial charge in [0.1, 0.15) is 5.75 Å². The first-order chi connectivity index (χ1) is 8.13. The van der Waals surface area contributed by atoms with Gasteiger partial charge in [-0.2, -0.15) is 11.8 Å². The summed E-state index contributed by atoms with van der Waals surface area (Å²) in [7, 11) is 0. The maximum atomic E-state index is 9.53. The van der Waals surface area contributed by atoms with Gasteiger partial charge < -0.3 is 9.67 Å². The molecule has 1 aromatic heterocycles. The van der Waals surface area contributed by atoms with Crippen LogP contribution in [0.3, 0.4) is 0 Å². The standard InChI is InChI=1S/C14H19NOS/c1-4-17-9-12-7-11-8-13(16)5-6-14(11)15(12)10(2)3/h5-8,10,16H,4,9H2,1-3H3. The minimum Gasteiger partial charge on any atom is -0.508 e. The second-order valence-corrected chi connectivity index (χ2v) is 5.75. The smallest absolute Gasteiger partial charge is 0.116 e. The lowest BCUT2D eigenvalue weighted by Gasteiger charge is -2.14. The highest BCUT2D eigenvalue weighted by atomic mass is 32.2. The van der Waals surface area contributed by atoms with E-state index in [0.29, 0.717) is 11.8 Å². The molecule has 3 heteroatoms. The van der Waals surface area contributed by atoms with Crippen molar-refractivity contribution in [3.05, 3.63) is 30.0 Å². The van der Waals surface area contributed by atoms with Crippen molar-refractivity contribution in [3.8, 4) is 5.75 Å². The van der Waals surface area contributed by atoms with Crippen LogP contribution < -0.4 is 0 Å². The highest BCUT2D eigenvalue weighted by molar-refractivity contribution is 7.98. The molecule has 2 rings (SSSR count). The molecule has 0 aliphatic rings. The summed E-state index contributed by atoms with van der Waals surface area (Å²) in [6, 6.07) is 8.25. The summed E-state index contributed by atoms with van der Waals surface area (Å²) in [6.45, 7) is 6.58. The van der Waals surface area contributed by atoms with E-state index >= 15 is 0 Å². The highest BCUT2D eigenvalue weighted by Crippen LogP contribution is 2.29. The largest absolute Gasteiger partial charge is 0.508 e. The molecular formula is C14H19NOS. The zero-order valence-corrected chi connectivity index (χ0v) is 11.4. The molecular weight excluding hydrogens is 230 g/mol. The first kappa shape index (κ1) is 12.4. The Morgan fingerprint density at radius 3 is 2.71 bits per heavy atom. The van der Waals surface area contributed by atoms with Crippen LogP contribution in [-0.2, 0) is 5.75 Å². The molecule has 0 unspecified atom stereocenters. The van der Waals surface area contributed by atoms with E-state index in [2.05, 4.69) is 31.4 Å². The number of aromatic hydroxyl groups is 1. The van der Waals surface area contributed by atoms with Gasteiger partial charge in [-0.1, -0.05) is 6.92 Å². The Balaban J connectivity index is 2.53. The van der Waals surface area contributed by atoms with Crippen LogP contribution in [0.2, 0.25) is 0 Å². The Bertz CT molecular complexity index is 516. The van der Waals surface area contributed by atoms with Crippen molar-refractivity contribution < 1.29 is 5.11 Å². The van der Waals surface area contributed by atoms with E-state index in [1.807, 2.05) is 23.9 Å². The normalized spacial score (nSPS) is 11.5. The molecule has 0 radical (unpaired) electrons. The number of nitrogens with zero attached hydrogens (tertiary/aromatic N) is 1. The van der Waals surface area contributed by atoms with Crippen LogP contribution in [0.4, 0.5) is 0 Å². The number of hydrogen-bond acceptors (Lipinski definition) is 2. The predicted octanol–water partition coefficient (Wildman–Crippen LogP) is 4.18. The second-order valence-electron chi connectivity index (χ2n) is 4.48. The van der Waals surface area contributed by atoms with Crippen LogP contribution >= 0.6 is 11.8 Å². The fraction of sp³-hybridized carbons (Fsp3) is 0.429. The van der Waals surface area contributed by atoms with E-state index < -0.39 is 0 Å². The van der Waals surface area contributed by atoms with Crippen LogP contribution in [0.1, 0.15) is 32.5 Å². The Labute approximate surface area is 107 Å². The Kier molecular flexibility index (Phi) is 3.67. The molecule has 0 atom stereocenters. The van der Waals surface area contributed by atoms with E-state index in [4.69, 9.17) is 0 Å². The third-order valence-corrected chi connectivity index (χ3v) is 3.78. The van der Waals surface area contributed by atoms with Gasteiger partial charge in [-0.25, -0.2) is 0 Å². The number of benzene rings is 1. The van der Waals surface area contributed by atoms with Crippen molar-refractivity contribution >= 4 is 22.7 Å². The third-order valence-electron chi connectivity index (χ3n) is 2.87. The molecule has 1 aromatic carbocycles. The molecule has 92 valence electrons. The van der Waals surface area contributed by atoms with Gasteiger partial charge >= 0.3 is 0 Å². The first-order valence-corrected chi connectivity index (χ1v) is 7.19. The number of thioether (sulfide) groups is 1. The van der Waals surface area contributed by atoms with Crippen LogP contribution in [-0.4, -0.2) is 15.4 Å². The van der Waals surface area contributed by atoms with E-state index in [1.165, 1.54) is 11.2 Å². The lowest BCUT2D eigenvalue weighted by Crippen LogP contribution is -2.04. The molecule has 1 heterocycles. The number of rotatable bonds is 4. The lowest BCUT2D eigenvalue weighted by atomic mass is 10.2. The number of fused-ring (bicyclic) bond motifs is 1. The molecule has 0 aliphatic carbocycles. The summed E-state index contributed by atoms with van der Waals surface area (Å²) in [4.78, 5) is 0. The zero-order chi connectivity index (χ0) is 12.4. The van der Waals surface area contributed by atoms with Crippen LogP contribution in [0, 0.1) is 0 Å². The molecule has 0 saturated carbocycles. The molecule has 17 heavy (non-hydrogen) atoms. The summed E-state index contributed by atoms with van der Waals surface area (Å²) in [5, 5.41) is 10.7. The van der Waals surface area contributed by atoms with Crippen molar-refractivity contribution in [3.63, 3.8) is 0 Å². The van der Waals surface area contributed by atoms with Gasteiger partial charge in [-0.15, -0.1) is 0 Å². The summed E-state index contributed by atoms with van der Waals surface area (Å²) >= 11 is 1.93. The second kappa shape index (κ2) is 5.05. The van der Waals surface area contributed by atoms with Crippen molar-refractivity contribution in [1.29, 1.82) is 0 Å². The van der Waals surface area contributed by atoms with Gasteiger partial charge in [0.25, 0.3) is 0 Å². The van der Waals surface area contributed by atoms with Gasteiger partial charge in [0.15, 0.2) is 0 Å². The van der Waals surface area contributed by atoms with E-state index in [-0.39, 0.29) is 0 Å². The van der Waals surface area contributed by atoms with Gasteiger partial charge in [0.2, 0.25) is 0 Å². The van der Waals surface area contributed by atoms with Crippen molar-refractivity contribution in [1.82, 2.24) is 4.57 Å². The van der Waals surface area contributed by atoms with Gasteiger partial charge in [0.05, 0.1) is 0 Å². The van der Waals surface area contributed by atoms with Crippen molar-refractivity contribution in [2.45, 2.75) is 32.6 Å². The molecule has 0 bridgehead atoms. The Morgan fingerprint density at radius 2 is 2.06 bits per heavy atom. The maximum absolute atomic E-state index is 9.53. The number of hydrogen-bond donors (Lipinski definition) is 1. The SMILES string of the molecule is CCSCc1cc2cc(O)ccc2n1C(C)C. The molecule has 2 nitrogen and oxygen atoms in total. The van der Waals surface area contributed by atoms with E-state index in [9.17, 15) is 5.11 Å². The van der Waals surface area contributed by atoms with Gasteiger partial charge in [-0.05, 0) is 43.9 Å². The third kappa shape index (κ3) is 2.44. The Morgan fingerprint density at radius 1 is 1.29 bits per heavy atom. The molecule has 2 aromatic rings. The summed E-state index contributed by atoms with van der Waals surface area (Å²) in [5.41, 5.74) is 2.55. The minimum atomic E-state index is 0.341. The van der Waals surface area contributed by atoms with Crippen LogP contribution in [0.15, 0.2) is 24.3 Å². The van der Waals surface area contributed by atoms with Gasteiger partial charge in [0, 0.05) is 28.4 Å². The first-order valence-electron chi connectivity index (χ1n) is 6.04. The molecule has 1 N–H and O–H groups in total. The highest BCUT2D eigenvalue weighted by Gasteiger charge is 2.11. The van der Waals surface area contributed by atoms with Crippen molar-refractivity contribution in [2.75, 3.05) is 5.75 Å². The minimum absolute atomic E-state index is 0.341. The van der Waals surface area contributed by atoms with E-state index in [0.717, 1.165) is 16.9 Å². The van der Waals surface area contributed by atoms with Crippen LogP contribution in [0.25, 0.3) is 10.9 Å². The quantitative estimate of drug-likeness (QED) is 0.879. The fourth-order valence-electron chi connectivity index (χ4n) is 2.21. The molecule has 0 fully saturated rings. The summed E-state index contributed by atoms with van der Waals surface area (Å²) in [6.07, 6.45) is 0. The van der Waals surface area contributed by atoms with Gasteiger partial charge in [-0.3, -0.25) is 0 Å². The van der Waals surface area contributed by atoms with Crippen molar-refractivity contribution in [2.24, 2.45) is 0 Å². The lowest BCUT2D eigenvalue weighted by molar-refractivity contribution is 0.476. The monoisotopic (exact) mass is 249 g/mol. The maximum Gasteiger partial charge on any atom is 0.116 e. The molecule has 0 amide bonds. The average molecular weight is 249 g/mol. The zero-order valence-electron chi connectivity index (χ0n) is 10.6. The molecule has 0 saturated heterocycles. The molecule has 0 aliphatic heterocycles. The fourth-order valence-corrected chi connectivity index (χ4v) is 2.84. The van der Waals surface area contributed by atoms with E-state index in [1.54, 1.807) is 6.07 Å². The Hall–Kier alpha value is -1.09. The summed E-state index contributed by atoms with van der Waals surface area (Å²) < 4.78 is 2.36. The number of phenolic OH excluding ortho intramolecular Hbond substituents is 1. The topological polar surface area (TPSA) is 25.2 Å². The number of phenols is 1.